The minimum absolute atomic E-state index is 0.165. The molecule has 0 saturated heterocycles. The molecule has 3 aromatic rings. The van der Waals surface area contributed by atoms with Gasteiger partial charge in [0.15, 0.2) is 0 Å². The summed E-state index contributed by atoms with van der Waals surface area (Å²) in [5, 5.41) is 0.751. The number of hydrogen-bond donors (Lipinski definition) is 0. The smallest absolute Gasteiger partial charge is 0.320 e. The third kappa shape index (κ3) is 3.74. The number of pyridine rings is 1. The second kappa shape index (κ2) is 7.16. The minimum Gasteiger partial charge on any atom is -0.320 e. The zero-order valence-electron chi connectivity index (χ0n) is 15.2. The minimum atomic E-state index is -4.71. The van der Waals surface area contributed by atoms with Crippen molar-refractivity contribution >= 4 is 28.5 Å². The fraction of sp³-hybridized carbons (Fsp3) is 0.143. The van der Waals surface area contributed by atoms with E-state index in [4.69, 9.17) is 0 Å². The van der Waals surface area contributed by atoms with E-state index < -0.39 is 23.5 Å². The molecule has 1 aliphatic rings. The van der Waals surface area contributed by atoms with Crippen molar-refractivity contribution in [2.24, 2.45) is 4.99 Å². The second-order valence-electron chi connectivity index (χ2n) is 6.60. The Morgan fingerprint density at radius 2 is 1.57 bits per heavy atom. The van der Waals surface area contributed by atoms with E-state index in [2.05, 4.69) is 9.98 Å². The normalized spacial score (nSPS) is 15.2. The third-order valence-corrected chi connectivity index (χ3v) is 4.66. The molecule has 0 N–H and O–H groups in total. The Morgan fingerprint density at radius 1 is 0.833 bits per heavy atom. The summed E-state index contributed by atoms with van der Waals surface area (Å²) in [5.41, 5.74) is -1.16. The standard InChI is InChI=1S/C21H13F6N3/c22-20(23,24)15-5-7-16(8-6-15)30-12-28-11-17(21(25,26)27)19(30)14-4-3-13-2-1-9-29-18(13)10-14/h1-11H,12H2. The van der Waals surface area contributed by atoms with Gasteiger partial charge >= 0.3 is 12.4 Å². The number of alkyl halides is 6. The Labute approximate surface area is 167 Å². The van der Waals surface area contributed by atoms with Gasteiger partial charge in [0.1, 0.15) is 6.67 Å². The van der Waals surface area contributed by atoms with Crippen molar-refractivity contribution in [3.05, 3.63) is 77.5 Å². The molecule has 0 unspecified atom stereocenters. The third-order valence-electron chi connectivity index (χ3n) is 4.66. The molecule has 9 heteroatoms. The van der Waals surface area contributed by atoms with Crippen LogP contribution < -0.4 is 4.90 Å². The van der Waals surface area contributed by atoms with E-state index in [0.717, 1.165) is 35.9 Å². The summed E-state index contributed by atoms with van der Waals surface area (Å²) >= 11 is 0. The average Bonchev–Trinajstić information content (AvgIpc) is 2.71. The van der Waals surface area contributed by atoms with Crippen LogP contribution in [-0.4, -0.2) is 24.0 Å². The number of halogens is 6. The molecular weight excluding hydrogens is 408 g/mol. The number of hydrogen-bond acceptors (Lipinski definition) is 3. The van der Waals surface area contributed by atoms with E-state index in [1.165, 1.54) is 23.2 Å². The first kappa shape index (κ1) is 19.9. The average molecular weight is 421 g/mol. The summed E-state index contributed by atoms with van der Waals surface area (Å²) in [6.07, 6.45) is -6.97. The zero-order chi connectivity index (χ0) is 21.5. The highest BCUT2D eigenvalue weighted by Crippen LogP contribution is 2.39. The van der Waals surface area contributed by atoms with Crippen molar-refractivity contribution in [1.29, 1.82) is 0 Å². The molecule has 2 heterocycles. The van der Waals surface area contributed by atoms with Crippen LogP contribution in [0.4, 0.5) is 32.0 Å². The van der Waals surface area contributed by atoms with Crippen molar-refractivity contribution < 1.29 is 26.3 Å². The number of allylic oxidation sites excluding steroid dienone is 1. The Balaban J connectivity index is 1.87. The summed E-state index contributed by atoms with van der Waals surface area (Å²) in [6.45, 7) is -0.166. The SMILES string of the molecule is FC(F)(F)C1=C(c2ccc3cccnc3c2)N(c2ccc(C(F)(F)F)cc2)CN=C1. The highest BCUT2D eigenvalue weighted by atomic mass is 19.4. The van der Waals surface area contributed by atoms with Crippen molar-refractivity contribution in [2.45, 2.75) is 12.4 Å². The molecule has 1 aliphatic heterocycles. The van der Waals surface area contributed by atoms with Crippen LogP contribution in [-0.2, 0) is 6.18 Å². The van der Waals surface area contributed by atoms with Gasteiger partial charge in [0.25, 0.3) is 0 Å². The molecule has 0 fully saturated rings. The van der Waals surface area contributed by atoms with Crippen LogP contribution in [0.5, 0.6) is 0 Å². The quantitative estimate of drug-likeness (QED) is 0.470. The number of rotatable bonds is 2. The lowest BCUT2D eigenvalue weighted by atomic mass is 10.0. The topological polar surface area (TPSA) is 28.5 Å². The van der Waals surface area contributed by atoms with Crippen LogP contribution in [0.3, 0.4) is 0 Å². The van der Waals surface area contributed by atoms with E-state index in [1.54, 1.807) is 18.2 Å². The molecular formula is C21H13F6N3. The molecule has 2 aromatic carbocycles. The van der Waals surface area contributed by atoms with Gasteiger partial charge in [-0.25, -0.2) is 0 Å². The van der Waals surface area contributed by atoms with E-state index in [-0.39, 0.29) is 23.6 Å². The van der Waals surface area contributed by atoms with E-state index >= 15 is 0 Å². The second-order valence-corrected chi connectivity index (χ2v) is 6.60. The van der Waals surface area contributed by atoms with Gasteiger partial charge in [-0.15, -0.1) is 0 Å². The molecule has 4 rings (SSSR count). The number of aromatic nitrogens is 1. The van der Waals surface area contributed by atoms with Crippen LogP contribution in [0.1, 0.15) is 11.1 Å². The van der Waals surface area contributed by atoms with Crippen molar-refractivity contribution in [3.8, 4) is 0 Å². The summed E-state index contributed by atoms with van der Waals surface area (Å²) in [5.74, 6) is 0. The van der Waals surface area contributed by atoms with Gasteiger partial charge < -0.3 is 4.90 Å². The van der Waals surface area contributed by atoms with Gasteiger partial charge in [0.2, 0.25) is 0 Å². The Kier molecular flexibility index (Phi) is 4.76. The molecule has 154 valence electrons. The van der Waals surface area contributed by atoms with Crippen LogP contribution in [0, 0.1) is 0 Å². The van der Waals surface area contributed by atoms with Crippen LogP contribution in [0.25, 0.3) is 16.6 Å². The van der Waals surface area contributed by atoms with Crippen LogP contribution >= 0.6 is 0 Å². The molecule has 0 atom stereocenters. The van der Waals surface area contributed by atoms with Crippen LogP contribution in [0.15, 0.2) is 71.4 Å². The summed E-state index contributed by atoms with van der Waals surface area (Å²) in [6, 6.07) is 12.1. The fourth-order valence-corrected chi connectivity index (χ4v) is 3.26. The molecule has 0 radical (unpaired) electrons. The molecule has 0 spiro atoms. The number of benzene rings is 2. The fourth-order valence-electron chi connectivity index (χ4n) is 3.26. The molecule has 0 saturated carbocycles. The largest absolute Gasteiger partial charge is 0.419 e. The summed E-state index contributed by atoms with van der Waals surface area (Å²) in [7, 11) is 0. The molecule has 3 nitrogen and oxygen atoms in total. The highest BCUT2D eigenvalue weighted by Gasteiger charge is 2.39. The maximum atomic E-state index is 13.8. The predicted octanol–water partition coefficient (Wildman–Crippen LogP) is 6.08. The number of fused-ring (bicyclic) bond motifs is 1. The van der Waals surface area contributed by atoms with E-state index in [0.29, 0.717) is 5.52 Å². The first-order valence-corrected chi connectivity index (χ1v) is 8.76. The maximum Gasteiger partial charge on any atom is 0.419 e. The van der Waals surface area contributed by atoms with Crippen molar-refractivity contribution in [3.63, 3.8) is 0 Å². The van der Waals surface area contributed by atoms with E-state index in [9.17, 15) is 26.3 Å². The van der Waals surface area contributed by atoms with Gasteiger partial charge in [0.05, 0.1) is 22.4 Å². The van der Waals surface area contributed by atoms with Gasteiger partial charge in [-0.1, -0.05) is 18.2 Å². The van der Waals surface area contributed by atoms with Gasteiger partial charge in [0, 0.05) is 29.0 Å². The maximum absolute atomic E-state index is 13.8. The zero-order valence-corrected chi connectivity index (χ0v) is 15.2. The van der Waals surface area contributed by atoms with Gasteiger partial charge in [-0.05, 0) is 36.4 Å². The van der Waals surface area contributed by atoms with Gasteiger partial charge in [-0.2, -0.15) is 26.3 Å². The Bertz CT molecular complexity index is 1140. The number of anilines is 1. The molecule has 0 bridgehead atoms. The Hall–Kier alpha value is -3.36. The first-order chi connectivity index (χ1) is 14.1. The first-order valence-electron chi connectivity index (χ1n) is 8.76. The lowest BCUT2D eigenvalue weighted by Gasteiger charge is -2.31. The number of nitrogens with zero attached hydrogens (tertiary/aromatic N) is 3. The number of aliphatic imine (C=N–C) groups is 1. The molecule has 0 amide bonds. The van der Waals surface area contributed by atoms with Crippen molar-refractivity contribution in [1.82, 2.24) is 4.98 Å². The van der Waals surface area contributed by atoms with Gasteiger partial charge in [-0.3, -0.25) is 9.98 Å². The van der Waals surface area contributed by atoms with Crippen molar-refractivity contribution in [2.75, 3.05) is 11.6 Å². The lowest BCUT2D eigenvalue weighted by molar-refractivity contribution is -0.137. The summed E-state index contributed by atoms with van der Waals surface area (Å²) < 4.78 is 79.9. The molecule has 30 heavy (non-hydrogen) atoms. The monoisotopic (exact) mass is 421 g/mol. The molecule has 1 aromatic heterocycles. The van der Waals surface area contributed by atoms with Crippen LogP contribution in [0.2, 0.25) is 0 Å². The summed E-state index contributed by atoms with van der Waals surface area (Å²) in [4.78, 5) is 9.20. The highest BCUT2D eigenvalue weighted by molar-refractivity contribution is 6.00. The predicted molar refractivity (Wildman–Crippen MR) is 102 cm³/mol. The Morgan fingerprint density at radius 3 is 2.23 bits per heavy atom. The lowest BCUT2D eigenvalue weighted by Crippen LogP contribution is -2.31. The molecule has 0 aliphatic carbocycles. The van der Waals surface area contributed by atoms with E-state index in [1.807, 2.05) is 0 Å².